The van der Waals surface area contributed by atoms with Gasteiger partial charge in [-0.3, -0.25) is 0 Å². The zero-order valence-corrected chi connectivity index (χ0v) is 11.5. The summed E-state index contributed by atoms with van der Waals surface area (Å²) in [5.74, 6) is 2.16. The number of hydrogen-bond donors (Lipinski definition) is 1. The van der Waals surface area contributed by atoms with E-state index in [1.807, 2.05) is 36.7 Å². The fraction of sp³-hybridized carbons (Fsp3) is 0.429. The van der Waals surface area contributed by atoms with Crippen LogP contribution in [0.1, 0.15) is 37.4 Å². The van der Waals surface area contributed by atoms with Crippen LogP contribution in [0.3, 0.4) is 0 Å². The quantitative estimate of drug-likeness (QED) is 0.922. The minimum atomic E-state index is -0.647. The van der Waals surface area contributed by atoms with Crippen LogP contribution in [0.2, 0.25) is 0 Å². The van der Waals surface area contributed by atoms with Crippen molar-refractivity contribution >= 4 is 0 Å². The number of aliphatic hydroxyl groups is 1. The molecule has 0 amide bonds. The predicted molar refractivity (Wildman–Crippen MR) is 71.6 cm³/mol. The van der Waals surface area contributed by atoms with Gasteiger partial charge in [0.2, 0.25) is 6.79 Å². The van der Waals surface area contributed by atoms with Gasteiger partial charge in [-0.1, -0.05) is 6.07 Å². The molecule has 6 heteroatoms. The van der Waals surface area contributed by atoms with Crippen LogP contribution < -0.4 is 9.47 Å². The van der Waals surface area contributed by atoms with Gasteiger partial charge in [0.25, 0.3) is 0 Å². The van der Waals surface area contributed by atoms with Crippen molar-refractivity contribution in [2.24, 2.45) is 0 Å². The lowest BCUT2D eigenvalue weighted by Gasteiger charge is -2.14. The first-order valence-electron chi connectivity index (χ1n) is 6.61. The Hall–Kier alpha value is -2.08. The Morgan fingerprint density at radius 1 is 1.30 bits per heavy atom. The number of benzene rings is 1. The summed E-state index contributed by atoms with van der Waals surface area (Å²) in [6.45, 7) is 4.30. The van der Waals surface area contributed by atoms with E-state index in [-0.39, 0.29) is 12.8 Å². The highest BCUT2D eigenvalue weighted by atomic mass is 16.7. The van der Waals surface area contributed by atoms with E-state index in [1.165, 1.54) is 6.33 Å². The Bertz CT molecular complexity index is 609. The van der Waals surface area contributed by atoms with Crippen molar-refractivity contribution in [3.8, 4) is 11.5 Å². The van der Waals surface area contributed by atoms with Crippen molar-refractivity contribution in [3.05, 3.63) is 35.9 Å². The summed E-state index contributed by atoms with van der Waals surface area (Å²) < 4.78 is 12.4. The van der Waals surface area contributed by atoms with E-state index in [0.717, 1.165) is 11.4 Å². The van der Waals surface area contributed by atoms with E-state index >= 15 is 0 Å². The van der Waals surface area contributed by atoms with Crippen molar-refractivity contribution in [1.82, 2.24) is 14.8 Å². The van der Waals surface area contributed by atoms with Gasteiger partial charge in [-0.05, 0) is 31.5 Å². The molecule has 1 atom stereocenters. The van der Waals surface area contributed by atoms with Gasteiger partial charge in [-0.2, -0.15) is 5.10 Å². The number of aliphatic hydroxyl groups excluding tert-OH is 1. The SMILES string of the molecule is CC(C)n1ncnc1CC(O)c1ccc2c(c1)OCO2. The molecule has 0 bridgehead atoms. The third-order valence-corrected chi connectivity index (χ3v) is 3.29. The van der Waals surface area contributed by atoms with Crippen molar-refractivity contribution < 1.29 is 14.6 Å². The third-order valence-electron chi connectivity index (χ3n) is 3.29. The number of nitrogens with zero attached hydrogens (tertiary/aromatic N) is 3. The summed E-state index contributed by atoms with van der Waals surface area (Å²) in [6.07, 6.45) is 1.28. The summed E-state index contributed by atoms with van der Waals surface area (Å²) in [6, 6.07) is 5.68. The maximum absolute atomic E-state index is 10.4. The van der Waals surface area contributed by atoms with Gasteiger partial charge in [0.15, 0.2) is 11.5 Å². The average molecular weight is 275 g/mol. The highest BCUT2D eigenvalue weighted by Gasteiger charge is 2.19. The van der Waals surface area contributed by atoms with Crippen LogP contribution in [0.25, 0.3) is 0 Å². The molecule has 6 nitrogen and oxygen atoms in total. The maximum atomic E-state index is 10.4. The lowest BCUT2D eigenvalue weighted by atomic mass is 10.1. The van der Waals surface area contributed by atoms with E-state index in [9.17, 15) is 5.11 Å². The van der Waals surface area contributed by atoms with Crippen LogP contribution in [0.4, 0.5) is 0 Å². The van der Waals surface area contributed by atoms with Crippen LogP contribution >= 0.6 is 0 Å². The Morgan fingerprint density at radius 3 is 2.90 bits per heavy atom. The zero-order valence-electron chi connectivity index (χ0n) is 11.5. The molecular weight excluding hydrogens is 258 g/mol. The third kappa shape index (κ3) is 2.34. The molecule has 1 aromatic carbocycles. The predicted octanol–water partition coefficient (Wildman–Crippen LogP) is 1.86. The highest BCUT2D eigenvalue weighted by molar-refractivity contribution is 5.45. The fourth-order valence-corrected chi connectivity index (χ4v) is 2.26. The van der Waals surface area contributed by atoms with Crippen LogP contribution in [-0.4, -0.2) is 26.7 Å². The van der Waals surface area contributed by atoms with E-state index < -0.39 is 6.10 Å². The Balaban J connectivity index is 1.79. The molecule has 20 heavy (non-hydrogen) atoms. The number of ether oxygens (including phenoxy) is 2. The molecule has 3 rings (SSSR count). The van der Waals surface area contributed by atoms with Crippen LogP contribution in [-0.2, 0) is 6.42 Å². The van der Waals surface area contributed by atoms with Gasteiger partial charge in [-0.15, -0.1) is 0 Å². The van der Waals surface area contributed by atoms with Gasteiger partial charge in [0.05, 0.1) is 6.10 Å². The van der Waals surface area contributed by atoms with Crippen molar-refractivity contribution in [2.45, 2.75) is 32.4 Å². The standard InChI is InChI=1S/C14H17N3O3/c1-9(2)17-14(15-7-16-17)6-11(18)10-3-4-12-13(5-10)20-8-19-12/h3-5,7,9,11,18H,6,8H2,1-2H3. The molecule has 1 aliphatic heterocycles. The summed E-state index contributed by atoms with van der Waals surface area (Å²) in [5, 5.41) is 14.5. The van der Waals surface area contributed by atoms with E-state index in [1.54, 1.807) is 0 Å². The topological polar surface area (TPSA) is 69.4 Å². The molecule has 0 fully saturated rings. The molecule has 1 aliphatic rings. The highest BCUT2D eigenvalue weighted by Crippen LogP contribution is 2.34. The second kappa shape index (κ2) is 5.13. The van der Waals surface area contributed by atoms with E-state index in [4.69, 9.17) is 9.47 Å². The normalized spacial score (nSPS) is 14.8. The number of aromatic nitrogens is 3. The minimum absolute atomic E-state index is 0.219. The molecule has 106 valence electrons. The summed E-state index contributed by atoms with van der Waals surface area (Å²) in [7, 11) is 0. The summed E-state index contributed by atoms with van der Waals surface area (Å²) >= 11 is 0. The zero-order chi connectivity index (χ0) is 14.1. The van der Waals surface area contributed by atoms with Crippen molar-refractivity contribution in [1.29, 1.82) is 0 Å². The molecule has 2 aromatic rings. The van der Waals surface area contributed by atoms with Crippen molar-refractivity contribution in [2.75, 3.05) is 6.79 Å². The first-order valence-corrected chi connectivity index (χ1v) is 6.61. The molecule has 0 saturated heterocycles. The van der Waals surface area contributed by atoms with Crippen LogP contribution in [0.5, 0.6) is 11.5 Å². The van der Waals surface area contributed by atoms with Crippen LogP contribution in [0, 0.1) is 0 Å². The monoisotopic (exact) mass is 275 g/mol. The first-order chi connectivity index (χ1) is 9.65. The lowest BCUT2D eigenvalue weighted by molar-refractivity contribution is 0.169. The van der Waals surface area contributed by atoms with Gasteiger partial charge in [0, 0.05) is 12.5 Å². The smallest absolute Gasteiger partial charge is 0.231 e. The first kappa shape index (κ1) is 12.9. The van der Waals surface area contributed by atoms with E-state index in [0.29, 0.717) is 17.9 Å². The molecule has 0 radical (unpaired) electrons. The Kier molecular flexibility index (Phi) is 3.31. The number of hydrogen-bond acceptors (Lipinski definition) is 5. The van der Waals surface area contributed by atoms with Gasteiger partial charge in [0.1, 0.15) is 12.2 Å². The van der Waals surface area contributed by atoms with Crippen molar-refractivity contribution in [3.63, 3.8) is 0 Å². The van der Waals surface area contributed by atoms with Crippen LogP contribution in [0.15, 0.2) is 24.5 Å². The molecule has 0 aliphatic carbocycles. The molecule has 2 heterocycles. The molecule has 0 saturated carbocycles. The molecule has 1 aromatic heterocycles. The average Bonchev–Trinajstić information content (AvgIpc) is 3.05. The second-order valence-electron chi connectivity index (χ2n) is 5.05. The second-order valence-corrected chi connectivity index (χ2v) is 5.05. The van der Waals surface area contributed by atoms with Gasteiger partial charge >= 0.3 is 0 Å². The summed E-state index contributed by atoms with van der Waals surface area (Å²) in [4.78, 5) is 4.21. The number of fused-ring (bicyclic) bond motifs is 1. The maximum Gasteiger partial charge on any atom is 0.231 e. The molecule has 1 N–H and O–H groups in total. The number of rotatable bonds is 4. The van der Waals surface area contributed by atoms with E-state index in [2.05, 4.69) is 10.1 Å². The summed E-state index contributed by atoms with van der Waals surface area (Å²) in [5.41, 5.74) is 0.785. The Labute approximate surface area is 117 Å². The van der Waals surface area contributed by atoms with Gasteiger partial charge in [-0.25, -0.2) is 9.67 Å². The molecular formula is C14H17N3O3. The van der Waals surface area contributed by atoms with Gasteiger partial charge < -0.3 is 14.6 Å². The largest absolute Gasteiger partial charge is 0.454 e. The minimum Gasteiger partial charge on any atom is -0.454 e. The molecule has 0 spiro atoms. The lowest BCUT2D eigenvalue weighted by Crippen LogP contribution is -2.12. The fourth-order valence-electron chi connectivity index (χ4n) is 2.26. The Morgan fingerprint density at radius 2 is 2.10 bits per heavy atom. The molecule has 1 unspecified atom stereocenters.